The lowest BCUT2D eigenvalue weighted by Gasteiger charge is -2.30. The summed E-state index contributed by atoms with van der Waals surface area (Å²) in [6.45, 7) is 12.2. The summed E-state index contributed by atoms with van der Waals surface area (Å²) in [6.07, 6.45) is 1.61. The molecule has 0 aromatic carbocycles. The zero-order valence-electron chi connectivity index (χ0n) is 14.9. The van der Waals surface area contributed by atoms with Crippen LogP contribution in [0, 0.1) is 5.41 Å². The second-order valence-corrected chi connectivity index (χ2v) is 8.64. The number of rotatable bonds is 7. The second-order valence-electron chi connectivity index (χ2n) is 7.02. The number of allylic oxidation sites excluding steroid dienone is 1. The van der Waals surface area contributed by atoms with Gasteiger partial charge in [-0.1, -0.05) is 26.8 Å². The third kappa shape index (κ3) is 8.69. The van der Waals surface area contributed by atoms with Crippen molar-refractivity contribution in [2.45, 2.75) is 60.1 Å². The summed E-state index contributed by atoms with van der Waals surface area (Å²) in [5.74, 6) is -0.551. The van der Waals surface area contributed by atoms with E-state index in [1.54, 1.807) is 33.8 Å². The molecule has 0 spiro atoms. The Morgan fingerprint density at radius 1 is 1.22 bits per heavy atom. The van der Waals surface area contributed by atoms with E-state index in [2.05, 4.69) is 4.72 Å². The van der Waals surface area contributed by atoms with Crippen LogP contribution in [0.1, 0.15) is 48.5 Å². The van der Waals surface area contributed by atoms with Gasteiger partial charge in [-0.25, -0.2) is 4.79 Å². The summed E-state index contributed by atoms with van der Waals surface area (Å²) < 4.78 is 36.7. The average Bonchev–Trinajstić information content (AvgIpc) is 2.29. The van der Waals surface area contributed by atoms with Crippen LogP contribution in [-0.2, 0) is 24.0 Å². The molecule has 1 N–H and O–H groups in total. The fraction of sp³-hybridized carbons (Fsp3) is 0.800. The topological polar surface area (TPSA) is 81.7 Å². The fourth-order valence-corrected chi connectivity index (χ4v) is 3.29. The molecule has 0 heterocycles. The molecule has 0 fully saturated rings. The number of carbonyl (C=O) groups excluding carboxylic acids is 1. The van der Waals surface area contributed by atoms with Crippen LogP contribution in [0.15, 0.2) is 11.6 Å². The first-order valence-electron chi connectivity index (χ1n) is 7.39. The molecule has 0 aliphatic carbocycles. The van der Waals surface area contributed by atoms with Crippen LogP contribution < -0.4 is 4.72 Å². The van der Waals surface area contributed by atoms with Gasteiger partial charge in [0.05, 0.1) is 12.2 Å². The quantitative estimate of drug-likeness (QED) is 0.424. The molecule has 0 saturated carbocycles. The highest BCUT2D eigenvalue weighted by atomic mass is 35.5. The lowest BCUT2D eigenvalue weighted by atomic mass is 9.82. The lowest BCUT2D eigenvalue weighted by Crippen LogP contribution is -2.48. The smallest absolute Gasteiger partial charge is 0.337 e. The van der Waals surface area contributed by atoms with Gasteiger partial charge in [-0.3, -0.25) is 4.18 Å². The summed E-state index contributed by atoms with van der Waals surface area (Å²) in [5, 5.41) is 0. The number of hydrogen-bond acceptors (Lipinski definition) is 5. The fourth-order valence-electron chi connectivity index (χ4n) is 1.90. The SMILES string of the molecule is CCOC(=O)[C@@H](NS(=O)(=O)OC(C)(C)C)/C(=C\CCl)C(C)(C)C. The maximum atomic E-state index is 12.3. The Hall–Kier alpha value is -0.630. The van der Waals surface area contributed by atoms with Gasteiger partial charge in [0.25, 0.3) is 0 Å². The predicted molar refractivity (Wildman–Crippen MR) is 91.6 cm³/mol. The molecule has 0 unspecified atom stereocenters. The summed E-state index contributed by atoms with van der Waals surface area (Å²) in [6, 6.07) is -1.19. The molecule has 136 valence electrons. The highest BCUT2D eigenvalue weighted by molar-refractivity contribution is 7.84. The van der Waals surface area contributed by atoms with Gasteiger partial charge in [-0.05, 0) is 38.7 Å². The van der Waals surface area contributed by atoms with Crippen molar-refractivity contribution >= 4 is 27.9 Å². The van der Waals surface area contributed by atoms with Crippen molar-refractivity contribution < 1.29 is 22.1 Å². The summed E-state index contributed by atoms with van der Waals surface area (Å²) in [4.78, 5) is 12.3. The van der Waals surface area contributed by atoms with Crippen molar-refractivity contribution in [3.8, 4) is 0 Å². The molecule has 0 aliphatic heterocycles. The Balaban J connectivity index is 5.73. The maximum absolute atomic E-state index is 12.3. The van der Waals surface area contributed by atoms with Gasteiger partial charge in [-0.2, -0.15) is 13.1 Å². The van der Waals surface area contributed by atoms with Crippen molar-refractivity contribution in [2.75, 3.05) is 12.5 Å². The Morgan fingerprint density at radius 3 is 2.09 bits per heavy atom. The van der Waals surface area contributed by atoms with Gasteiger partial charge in [-0.15, -0.1) is 11.6 Å². The first kappa shape index (κ1) is 22.4. The number of carbonyl (C=O) groups is 1. The minimum absolute atomic E-state index is 0.134. The molecule has 23 heavy (non-hydrogen) atoms. The number of hydrogen-bond donors (Lipinski definition) is 1. The number of esters is 1. The van der Waals surface area contributed by atoms with Crippen LogP contribution in [-0.4, -0.2) is 38.5 Å². The van der Waals surface area contributed by atoms with Gasteiger partial charge >= 0.3 is 16.3 Å². The lowest BCUT2D eigenvalue weighted by molar-refractivity contribution is -0.144. The molecular formula is C15H28ClNO5S. The monoisotopic (exact) mass is 369 g/mol. The Labute approximate surface area is 144 Å². The molecule has 0 rings (SSSR count). The van der Waals surface area contributed by atoms with E-state index in [4.69, 9.17) is 20.5 Å². The first-order valence-corrected chi connectivity index (χ1v) is 9.34. The molecule has 0 aliphatic rings. The minimum atomic E-state index is -4.16. The molecule has 0 amide bonds. The normalized spacial score (nSPS) is 15.4. The largest absolute Gasteiger partial charge is 0.465 e. The van der Waals surface area contributed by atoms with Crippen LogP contribution in [0.25, 0.3) is 0 Å². The van der Waals surface area contributed by atoms with Crippen molar-refractivity contribution in [3.05, 3.63) is 11.6 Å². The van der Waals surface area contributed by atoms with E-state index in [-0.39, 0.29) is 12.5 Å². The van der Waals surface area contributed by atoms with E-state index in [0.717, 1.165) is 0 Å². The molecular weight excluding hydrogens is 342 g/mol. The minimum Gasteiger partial charge on any atom is -0.465 e. The molecule has 0 saturated heterocycles. The third-order valence-electron chi connectivity index (χ3n) is 2.62. The molecule has 0 bridgehead atoms. The van der Waals surface area contributed by atoms with E-state index in [1.807, 2.05) is 20.8 Å². The van der Waals surface area contributed by atoms with Crippen molar-refractivity contribution in [1.29, 1.82) is 0 Å². The van der Waals surface area contributed by atoms with Crippen molar-refractivity contribution in [3.63, 3.8) is 0 Å². The van der Waals surface area contributed by atoms with Crippen LogP contribution >= 0.6 is 11.6 Å². The second kappa shape index (κ2) is 8.46. The van der Waals surface area contributed by atoms with Gasteiger partial charge < -0.3 is 4.74 Å². The summed E-state index contributed by atoms with van der Waals surface area (Å²) >= 11 is 5.77. The zero-order valence-corrected chi connectivity index (χ0v) is 16.5. The molecule has 8 heteroatoms. The van der Waals surface area contributed by atoms with E-state index in [9.17, 15) is 13.2 Å². The molecule has 6 nitrogen and oxygen atoms in total. The number of halogens is 1. The predicted octanol–water partition coefficient (Wildman–Crippen LogP) is 2.78. The maximum Gasteiger partial charge on any atom is 0.337 e. The molecule has 0 aromatic rings. The van der Waals surface area contributed by atoms with Crippen LogP contribution in [0.4, 0.5) is 0 Å². The highest BCUT2D eigenvalue weighted by Crippen LogP contribution is 2.29. The third-order valence-corrected chi connectivity index (χ3v) is 4.02. The Bertz CT molecular complexity index is 529. The standard InChI is InChI=1S/C15H28ClNO5S/c1-8-21-13(18)12(11(9-10-16)14(2,3)4)17-23(19,20)22-15(5,6)7/h9,12,17H,8,10H2,1-7H3/b11-9+/t12-/m0/s1. The summed E-state index contributed by atoms with van der Waals surface area (Å²) in [7, 11) is -4.16. The Morgan fingerprint density at radius 2 is 1.74 bits per heavy atom. The molecule has 0 aromatic heterocycles. The number of nitrogens with one attached hydrogen (secondary N) is 1. The number of ether oxygens (including phenoxy) is 1. The van der Waals surface area contributed by atoms with E-state index >= 15 is 0 Å². The van der Waals surface area contributed by atoms with Gasteiger partial charge in [0.15, 0.2) is 0 Å². The average molecular weight is 370 g/mol. The van der Waals surface area contributed by atoms with Crippen molar-refractivity contribution in [1.82, 2.24) is 4.72 Å². The van der Waals surface area contributed by atoms with E-state index in [1.165, 1.54) is 0 Å². The van der Waals surface area contributed by atoms with Gasteiger partial charge in [0, 0.05) is 5.88 Å². The van der Waals surface area contributed by atoms with Gasteiger partial charge in [0.2, 0.25) is 0 Å². The van der Waals surface area contributed by atoms with Crippen molar-refractivity contribution in [2.24, 2.45) is 5.41 Å². The summed E-state index contributed by atoms with van der Waals surface area (Å²) in [5.41, 5.74) is -0.897. The van der Waals surface area contributed by atoms with Crippen LogP contribution in [0.3, 0.4) is 0 Å². The molecule has 0 radical (unpaired) electrons. The van der Waals surface area contributed by atoms with E-state index in [0.29, 0.717) is 5.57 Å². The van der Waals surface area contributed by atoms with Crippen LogP contribution in [0.2, 0.25) is 0 Å². The van der Waals surface area contributed by atoms with E-state index < -0.39 is 33.3 Å². The van der Waals surface area contributed by atoms with Gasteiger partial charge in [0.1, 0.15) is 6.04 Å². The highest BCUT2D eigenvalue weighted by Gasteiger charge is 2.36. The Kier molecular flexibility index (Phi) is 8.23. The number of alkyl halides is 1. The molecule has 1 atom stereocenters. The zero-order chi connectivity index (χ0) is 18.5. The van der Waals surface area contributed by atoms with Crippen LogP contribution in [0.5, 0.6) is 0 Å². The first-order chi connectivity index (χ1) is 10.2.